The number of piperazine rings is 1. The van der Waals surface area contributed by atoms with Crippen molar-refractivity contribution in [3.8, 4) is 0 Å². The summed E-state index contributed by atoms with van der Waals surface area (Å²) in [7, 11) is 0. The number of rotatable bonds is 2. The molecule has 142 valence electrons. The molecule has 7 nitrogen and oxygen atoms in total. The number of benzene rings is 1. The second-order valence-corrected chi connectivity index (χ2v) is 7.54. The van der Waals surface area contributed by atoms with E-state index in [1.54, 1.807) is 34.1 Å². The highest BCUT2D eigenvalue weighted by Crippen LogP contribution is 2.17. The molecule has 1 aliphatic rings. The average Bonchev–Trinajstić information content (AvgIpc) is 2.53. The first kappa shape index (κ1) is 19.8. The van der Waals surface area contributed by atoms with E-state index < -0.39 is 5.60 Å². The maximum absolute atomic E-state index is 12.6. The van der Waals surface area contributed by atoms with Crippen LogP contribution in [0.4, 0.5) is 15.3 Å². The van der Waals surface area contributed by atoms with Crippen LogP contribution < -0.4 is 5.32 Å². The van der Waals surface area contributed by atoms with Gasteiger partial charge in [0.15, 0.2) is 5.78 Å². The predicted molar refractivity (Wildman–Crippen MR) is 99.4 cm³/mol. The summed E-state index contributed by atoms with van der Waals surface area (Å²) >= 11 is 0. The van der Waals surface area contributed by atoms with Crippen LogP contribution in [0.3, 0.4) is 0 Å². The molecule has 1 aliphatic heterocycles. The fourth-order valence-electron chi connectivity index (χ4n) is 2.76. The van der Waals surface area contributed by atoms with Gasteiger partial charge in [-0.25, -0.2) is 9.59 Å². The number of Topliss-reactive ketones (excluding diaryl/α,β-unsaturated/α-hetero) is 1. The van der Waals surface area contributed by atoms with Crippen molar-refractivity contribution in [2.45, 2.75) is 46.3 Å². The highest BCUT2D eigenvalue weighted by Gasteiger charge is 2.32. The normalized spacial score (nSPS) is 17.7. The maximum Gasteiger partial charge on any atom is 0.410 e. The number of hydrogen-bond donors (Lipinski definition) is 1. The van der Waals surface area contributed by atoms with E-state index in [4.69, 9.17) is 4.74 Å². The number of amides is 3. The zero-order valence-electron chi connectivity index (χ0n) is 16.0. The lowest BCUT2D eigenvalue weighted by molar-refractivity contribution is 0.0112. The minimum absolute atomic E-state index is 0.0551. The fourth-order valence-corrected chi connectivity index (χ4v) is 2.76. The molecule has 2 rings (SSSR count). The Morgan fingerprint density at radius 1 is 1.19 bits per heavy atom. The average molecular weight is 361 g/mol. The molecule has 1 aromatic carbocycles. The van der Waals surface area contributed by atoms with Gasteiger partial charge in [0.2, 0.25) is 0 Å². The van der Waals surface area contributed by atoms with Crippen molar-refractivity contribution in [3.05, 3.63) is 29.8 Å². The van der Waals surface area contributed by atoms with E-state index in [0.29, 0.717) is 30.9 Å². The second-order valence-electron chi connectivity index (χ2n) is 7.54. The van der Waals surface area contributed by atoms with Crippen LogP contribution in [-0.4, -0.2) is 59.0 Å². The minimum Gasteiger partial charge on any atom is -0.444 e. The Morgan fingerprint density at radius 2 is 1.88 bits per heavy atom. The van der Waals surface area contributed by atoms with Crippen LogP contribution in [0.15, 0.2) is 24.3 Å². The first-order chi connectivity index (χ1) is 12.1. The summed E-state index contributed by atoms with van der Waals surface area (Å²) in [5.74, 6) is -0.0551. The molecular weight excluding hydrogens is 334 g/mol. The van der Waals surface area contributed by atoms with Crippen molar-refractivity contribution < 1.29 is 19.1 Å². The summed E-state index contributed by atoms with van der Waals surface area (Å²) in [4.78, 5) is 39.5. The van der Waals surface area contributed by atoms with Gasteiger partial charge in [0, 0.05) is 36.9 Å². The maximum atomic E-state index is 12.6. The van der Waals surface area contributed by atoms with E-state index in [0.717, 1.165) is 0 Å². The van der Waals surface area contributed by atoms with Gasteiger partial charge in [0.05, 0.1) is 0 Å². The molecule has 1 N–H and O–H groups in total. The third kappa shape index (κ3) is 5.21. The summed E-state index contributed by atoms with van der Waals surface area (Å²) in [6, 6.07) is 6.44. The lowest BCUT2D eigenvalue weighted by atomic mass is 10.1. The van der Waals surface area contributed by atoms with Crippen LogP contribution in [0.25, 0.3) is 0 Å². The monoisotopic (exact) mass is 361 g/mol. The fraction of sp³-hybridized carbons (Fsp3) is 0.526. The number of nitrogens with zero attached hydrogens (tertiary/aromatic N) is 2. The number of hydrogen-bond acceptors (Lipinski definition) is 4. The molecule has 26 heavy (non-hydrogen) atoms. The number of anilines is 1. The van der Waals surface area contributed by atoms with Crippen molar-refractivity contribution in [1.82, 2.24) is 9.80 Å². The SMILES string of the molecule is CC(=O)c1cccc(NC(=O)N2CCN(C(=O)OC(C)(C)C)C[C@@H]2C)c1. The smallest absolute Gasteiger partial charge is 0.410 e. The van der Waals surface area contributed by atoms with Crippen LogP contribution in [0.1, 0.15) is 45.0 Å². The van der Waals surface area contributed by atoms with Crippen LogP contribution in [0.2, 0.25) is 0 Å². The van der Waals surface area contributed by atoms with Gasteiger partial charge in [-0.05, 0) is 46.8 Å². The van der Waals surface area contributed by atoms with Gasteiger partial charge in [-0.3, -0.25) is 4.79 Å². The first-order valence-electron chi connectivity index (χ1n) is 8.73. The Bertz CT molecular complexity index is 696. The van der Waals surface area contributed by atoms with Crippen LogP contribution >= 0.6 is 0 Å². The molecule has 0 aliphatic carbocycles. The molecule has 1 heterocycles. The summed E-state index contributed by atoms with van der Waals surface area (Å²) in [5.41, 5.74) is 0.575. The Balaban J connectivity index is 1.96. The number of carbonyl (C=O) groups is 3. The van der Waals surface area contributed by atoms with E-state index in [1.807, 2.05) is 27.7 Å². The predicted octanol–water partition coefficient (Wildman–Crippen LogP) is 3.36. The molecule has 1 atom stereocenters. The molecule has 0 radical (unpaired) electrons. The summed E-state index contributed by atoms with van der Waals surface area (Å²) in [5, 5.41) is 2.82. The number of ketones is 1. The molecular formula is C19H27N3O4. The number of ether oxygens (including phenoxy) is 1. The van der Waals surface area contributed by atoms with Crippen LogP contribution in [0.5, 0.6) is 0 Å². The van der Waals surface area contributed by atoms with Gasteiger partial charge in [-0.2, -0.15) is 0 Å². The zero-order chi connectivity index (χ0) is 19.5. The van der Waals surface area contributed by atoms with Crippen molar-refractivity contribution >= 4 is 23.6 Å². The highest BCUT2D eigenvalue weighted by molar-refractivity contribution is 5.96. The standard InChI is InChI=1S/C19H27N3O4/c1-13-12-21(18(25)26-19(3,4)5)9-10-22(13)17(24)20-16-8-6-7-15(11-16)14(2)23/h6-8,11,13H,9-10,12H2,1-5H3,(H,20,24)/t13-/m0/s1. The molecule has 0 saturated carbocycles. The summed E-state index contributed by atoms with van der Waals surface area (Å²) < 4.78 is 5.39. The number of nitrogens with one attached hydrogen (secondary N) is 1. The van der Waals surface area contributed by atoms with Gasteiger partial charge < -0.3 is 19.9 Å². The summed E-state index contributed by atoms with van der Waals surface area (Å²) in [6.45, 7) is 10.1. The Labute approximate surface area is 154 Å². The van der Waals surface area contributed by atoms with Gasteiger partial charge in [-0.15, -0.1) is 0 Å². The number of urea groups is 1. The van der Waals surface area contributed by atoms with E-state index in [1.165, 1.54) is 6.92 Å². The van der Waals surface area contributed by atoms with Crippen molar-refractivity contribution in [2.24, 2.45) is 0 Å². The quantitative estimate of drug-likeness (QED) is 0.819. The van der Waals surface area contributed by atoms with E-state index in [2.05, 4.69) is 5.32 Å². The third-order valence-electron chi connectivity index (χ3n) is 4.06. The highest BCUT2D eigenvalue weighted by atomic mass is 16.6. The molecule has 0 unspecified atom stereocenters. The largest absolute Gasteiger partial charge is 0.444 e. The molecule has 1 aromatic rings. The molecule has 7 heteroatoms. The molecule has 1 fully saturated rings. The third-order valence-corrected chi connectivity index (χ3v) is 4.06. The molecule has 0 aromatic heterocycles. The summed E-state index contributed by atoms with van der Waals surface area (Å²) in [6.07, 6.45) is -0.362. The van der Waals surface area contributed by atoms with Gasteiger partial charge >= 0.3 is 12.1 Å². The van der Waals surface area contributed by atoms with Crippen molar-refractivity contribution in [3.63, 3.8) is 0 Å². The topological polar surface area (TPSA) is 79.0 Å². The zero-order valence-corrected chi connectivity index (χ0v) is 16.0. The lowest BCUT2D eigenvalue weighted by Gasteiger charge is -2.40. The Morgan fingerprint density at radius 3 is 2.46 bits per heavy atom. The first-order valence-corrected chi connectivity index (χ1v) is 8.73. The number of carbonyl (C=O) groups excluding carboxylic acids is 3. The van der Waals surface area contributed by atoms with Crippen molar-refractivity contribution in [1.29, 1.82) is 0 Å². The Hall–Kier alpha value is -2.57. The van der Waals surface area contributed by atoms with E-state index in [9.17, 15) is 14.4 Å². The van der Waals surface area contributed by atoms with E-state index >= 15 is 0 Å². The van der Waals surface area contributed by atoms with Gasteiger partial charge in [-0.1, -0.05) is 12.1 Å². The van der Waals surface area contributed by atoms with Crippen LogP contribution in [-0.2, 0) is 4.74 Å². The Kier molecular flexibility index (Phi) is 5.90. The molecule has 0 spiro atoms. The lowest BCUT2D eigenvalue weighted by Crippen LogP contribution is -2.57. The van der Waals surface area contributed by atoms with Crippen molar-refractivity contribution in [2.75, 3.05) is 25.0 Å². The van der Waals surface area contributed by atoms with E-state index in [-0.39, 0.29) is 23.9 Å². The van der Waals surface area contributed by atoms with Gasteiger partial charge in [0.1, 0.15) is 5.60 Å². The second kappa shape index (κ2) is 7.76. The van der Waals surface area contributed by atoms with Crippen LogP contribution in [0, 0.1) is 0 Å². The molecule has 3 amide bonds. The molecule has 0 bridgehead atoms. The molecule has 1 saturated heterocycles. The minimum atomic E-state index is -0.545. The van der Waals surface area contributed by atoms with Gasteiger partial charge in [0.25, 0.3) is 0 Å².